The number of piperidine rings is 1. The highest BCUT2D eigenvalue weighted by atomic mass is 16.5. The van der Waals surface area contributed by atoms with E-state index in [-0.39, 0.29) is 18.2 Å². The number of carbonyl (C=O) groups excluding carboxylic acids is 3. The molecule has 0 bridgehead atoms. The maximum atomic E-state index is 13.0. The SMILES string of the molecule is O=C1CCC(N2Cc3c(OCc4cccc(CN5CCOCC5)c4)cccc3C2=O)C(=O)N1. The molecule has 172 valence electrons. The number of hydrogen-bond donors (Lipinski definition) is 1. The maximum Gasteiger partial charge on any atom is 0.255 e. The van der Waals surface area contributed by atoms with Gasteiger partial charge in [-0.2, -0.15) is 0 Å². The van der Waals surface area contributed by atoms with E-state index < -0.39 is 11.9 Å². The van der Waals surface area contributed by atoms with Crippen LogP contribution in [-0.2, 0) is 34.0 Å². The zero-order valence-corrected chi connectivity index (χ0v) is 18.4. The number of imide groups is 1. The first kappa shape index (κ1) is 21.6. The van der Waals surface area contributed by atoms with Crippen molar-refractivity contribution >= 4 is 17.7 Å². The molecule has 8 heteroatoms. The molecule has 2 aromatic carbocycles. The highest BCUT2D eigenvalue weighted by Crippen LogP contribution is 2.34. The monoisotopic (exact) mass is 449 g/mol. The van der Waals surface area contributed by atoms with Crippen LogP contribution >= 0.6 is 0 Å². The molecule has 3 amide bonds. The van der Waals surface area contributed by atoms with E-state index in [0.717, 1.165) is 44.0 Å². The van der Waals surface area contributed by atoms with Gasteiger partial charge in [0.25, 0.3) is 5.91 Å². The fourth-order valence-corrected chi connectivity index (χ4v) is 4.69. The molecule has 0 saturated carbocycles. The summed E-state index contributed by atoms with van der Waals surface area (Å²) in [6.07, 6.45) is 0.581. The van der Waals surface area contributed by atoms with Crippen LogP contribution in [0.3, 0.4) is 0 Å². The largest absolute Gasteiger partial charge is 0.489 e. The number of hydrogen-bond acceptors (Lipinski definition) is 6. The molecule has 0 spiro atoms. The fourth-order valence-electron chi connectivity index (χ4n) is 4.69. The van der Waals surface area contributed by atoms with E-state index in [1.54, 1.807) is 17.0 Å². The molecule has 2 aromatic rings. The van der Waals surface area contributed by atoms with E-state index in [4.69, 9.17) is 9.47 Å². The number of fused-ring (bicyclic) bond motifs is 1. The van der Waals surface area contributed by atoms with Gasteiger partial charge in [0.2, 0.25) is 11.8 Å². The molecule has 3 aliphatic rings. The Bertz CT molecular complexity index is 1080. The van der Waals surface area contributed by atoms with Gasteiger partial charge in [-0.3, -0.25) is 24.6 Å². The summed E-state index contributed by atoms with van der Waals surface area (Å²) in [5, 5.41) is 2.34. The van der Waals surface area contributed by atoms with Crippen LogP contribution in [0, 0.1) is 0 Å². The molecule has 0 aliphatic carbocycles. The number of carbonyl (C=O) groups is 3. The summed E-state index contributed by atoms with van der Waals surface area (Å²) < 4.78 is 11.6. The molecule has 3 aliphatic heterocycles. The first-order valence-corrected chi connectivity index (χ1v) is 11.4. The van der Waals surface area contributed by atoms with Gasteiger partial charge in [0.15, 0.2) is 0 Å². The Morgan fingerprint density at radius 1 is 1.03 bits per heavy atom. The first-order valence-electron chi connectivity index (χ1n) is 11.4. The van der Waals surface area contributed by atoms with Gasteiger partial charge in [-0.15, -0.1) is 0 Å². The number of amides is 3. The standard InChI is InChI=1S/C25H27N3O5/c29-23-8-7-21(24(30)26-23)28-15-20-19(25(28)31)5-2-6-22(20)33-16-18-4-1-3-17(13-18)14-27-9-11-32-12-10-27/h1-6,13,21H,7-12,14-16H2,(H,26,29,30). The van der Waals surface area contributed by atoms with Crippen molar-refractivity contribution in [2.75, 3.05) is 26.3 Å². The lowest BCUT2D eigenvalue weighted by Gasteiger charge is -2.29. The second-order valence-electron chi connectivity index (χ2n) is 8.68. The van der Waals surface area contributed by atoms with Gasteiger partial charge in [-0.25, -0.2) is 0 Å². The Morgan fingerprint density at radius 2 is 1.82 bits per heavy atom. The number of nitrogens with one attached hydrogen (secondary N) is 1. The van der Waals surface area contributed by atoms with E-state index in [2.05, 4.69) is 22.3 Å². The third kappa shape index (κ3) is 4.62. The van der Waals surface area contributed by atoms with E-state index in [1.165, 1.54) is 5.56 Å². The summed E-state index contributed by atoms with van der Waals surface area (Å²) in [6.45, 7) is 5.00. The molecule has 2 saturated heterocycles. The molecule has 1 unspecified atom stereocenters. The van der Waals surface area contributed by atoms with Crippen LogP contribution < -0.4 is 10.1 Å². The van der Waals surface area contributed by atoms with Crippen molar-refractivity contribution in [2.45, 2.75) is 38.6 Å². The molecule has 0 aromatic heterocycles. The second-order valence-corrected chi connectivity index (χ2v) is 8.68. The smallest absolute Gasteiger partial charge is 0.255 e. The Hall–Kier alpha value is -3.23. The van der Waals surface area contributed by atoms with Crippen molar-refractivity contribution in [3.8, 4) is 5.75 Å². The lowest BCUT2D eigenvalue weighted by molar-refractivity contribution is -0.136. The van der Waals surface area contributed by atoms with Gasteiger partial charge in [0.1, 0.15) is 18.4 Å². The fraction of sp³-hybridized carbons (Fsp3) is 0.400. The summed E-state index contributed by atoms with van der Waals surface area (Å²) in [5.41, 5.74) is 3.63. The van der Waals surface area contributed by atoms with Crippen molar-refractivity contribution in [3.63, 3.8) is 0 Å². The predicted molar refractivity (Wildman–Crippen MR) is 119 cm³/mol. The quantitative estimate of drug-likeness (QED) is 0.678. The summed E-state index contributed by atoms with van der Waals surface area (Å²) in [7, 11) is 0. The second kappa shape index (κ2) is 9.33. The van der Waals surface area contributed by atoms with Crippen molar-refractivity contribution in [1.29, 1.82) is 0 Å². The topological polar surface area (TPSA) is 88.2 Å². The van der Waals surface area contributed by atoms with Gasteiger partial charge in [0.05, 0.1) is 19.8 Å². The van der Waals surface area contributed by atoms with E-state index in [9.17, 15) is 14.4 Å². The molecule has 5 rings (SSSR count). The predicted octanol–water partition coefficient (Wildman–Crippen LogP) is 1.86. The third-order valence-electron chi connectivity index (χ3n) is 6.43. The molecule has 0 radical (unpaired) electrons. The van der Waals surface area contributed by atoms with E-state index in [0.29, 0.717) is 30.9 Å². The van der Waals surface area contributed by atoms with Crippen LogP contribution in [0.1, 0.15) is 39.9 Å². The van der Waals surface area contributed by atoms with Crippen LogP contribution in [0.5, 0.6) is 5.75 Å². The maximum absolute atomic E-state index is 13.0. The molecule has 1 N–H and O–H groups in total. The number of rotatable bonds is 6. The molecule has 1 atom stereocenters. The molecule has 3 heterocycles. The summed E-state index contributed by atoms with van der Waals surface area (Å²) in [6, 6.07) is 13.1. The van der Waals surface area contributed by atoms with Crippen molar-refractivity contribution in [2.24, 2.45) is 0 Å². The van der Waals surface area contributed by atoms with Crippen molar-refractivity contribution in [1.82, 2.24) is 15.1 Å². The minimum Gasteiger partial charge on any atom is -0.489 e. The number of benzene rings is 2. The average Bonchev–Trinajstić information content (AvgIpc) is 3.15. The number of nitrogens with zero attached hydrogens (tertiary/aromatic N) is 2. The van der Waals surface area contributed by atoms with Crippen LogP contribution in [-0.4, -0.2) is 59.9 Å². The van der Waals surface area contributed by atoms with Gasteiger partial charge in [-0.05, 0) is 29.7 Å². The Balaban J connectivity index is 1.26. The average molecular weight is 450 g/mol. The molecule has 2 fully saturated rings. The summed E-state index contributed by atoms with van der Waals surface area (Å²) in [4.78, 5) is 40.7. The molecule has 33 heavy (non-hydrogen) atoms. The minimum absolute atomic E-state index is 0.197. The molecular formula is C25H27N3O5. The Morgan fingerprint density at radius 3 is 2.64 bits per heavy atom. The molecular weight excluding hydrogens is 422 g/mol. The van der Waals surface area contributed by atoms with Gasteiger partial charge >= 0.3 is 0 Å². The highest BCUT2D eigenvalue weighted by Gasteiger charge is 2.40. The van der Waals surface area contributed by atoms with Gasteiger partial charge in [-0.1, -0.05) is 30.3 Å². The van der Waals surface area contributed by atoms with Crippen molar-refractivity contribution in [3.05, 3.63) is 64.7 Å². The lowest BCUT2D eigenvalue weighted by atomic mass is 10.0. The normalized spacial score (nSPS) is 21.2. The number of morpholine rings is 1. The minimum atomic E-state index is -0.632. The van der Waals surface area contributed by atoms with Crippen LogP contribution in [0.15, 0.2) is 42.5 Å². The van der Waals surface area contributed by atoms with Gasteiger partial charge < -0.3 is 14.4 Å². The Kier molecular flexibility index (Phi) is 6.11. The summed E-state index contributed by atoms with van der Waals surface area (Å²) in [5.74, 6) is -0.251. The highest BCUT2D eigenvalue weighted by molar-refractivity contribution is 6.05. The van der Waals surface area contributed by atoms with Gasteiger partial charge in [0, 0.05) is 37.2 Å². The molecule has 8 nitrogen and oxygen atoms in total. The Labute approximate surface area is 192 Å². The van der Waals surface area contributed by atoms with Crippen LogP contribution in [0.25, 0.3) is 0 Å². The van der Waals surface area contributed by atoms with E-state index in [1.807, 2.05) is 18.2 Å². The third-order valence-corrected chi connectivity index (χ3v) is 6.43. The van der Waals surface area contributed by atoms with Crippen LogP contribution in [0.4, 0.5) is 0 Å². The lowest BCUT2D eigenvalue weighted by Crippen LogP contribution is -2.52. The van der Waals surface area contributed by atoms with Crippen molar-refractivity contribution < 1.29 is 23.9 Å². The summed E-state index contributed by atoms with van der Waals surface area (Å²) >= 11 is 0. The zero-order valence-electron chi connectivity index (χ0n) is 18.4. The zero-order chi connectivity index (χ0) is 22.8. The van der Waals surface area contributed by atoms with E-state index >= 15 is 0 Å². The number of ether oxygens (including phenoxy) is 2. The van der Waals surface area contributed by atoms with Crippen LogP contribution in [0.2, 0.25) is 0 Å². The first-order chi connectivity index (χ1) is 16.1.